The smallest absolute Gasteiger partial charge is 0.336 e. The molecule has 5 heteroatoms. The number of hydrogen-bond donors (Lipinski definition) is 2. The minimum atomic E-state index is -0.883. The molecular weight excluding hydrogens is 212 g/mol. The zero-order valence-corrected chi connectivity index (χ0v) is 8.87. The van der Waals surface area contributed by atoms with E-state index in [4.69, 9.17) is 14.6 Å². The van der Waals surface area contributed by atoms with Crippen LogP contribution in [0.25, 0.3) is 0 Å². The van der Waals surface area contributed by atoms with Gasteiger partial charge >= 0.3 is 5.97 Å². The molecule has 2 heterocycles. The monoisotopic (exact) mass is 226 g/mol. The van der Waals surface area contributed by atoms with Crippen molar-refractivity contribution in [2.75, 3.05) is 6.61 Å². The van der Waals surface area contributed by atoms with E-state index in [0.29, 0.717) is 5.57 Å². The van der Waals surface area contributed by atoms with Crippen LogP contribution in [0.15, 0.2) is 23.8 Å². The summed E-state index contributed by atoms with van der Waals surface area (Å²) < 4.78 is 10.5. The molecule has 2 aliphatic heterocycles. The zero-order chi connectivity index (χ0) is 11.7. The van der Waals surface area contributed by atoms with Gasteiger partial charge in [-0.15, -0.1) is 0 Å². The van der Waals surface area contributed by atoms with Crippen LogP contribution < -0.4 is 0 Å². The number of carbonyl (C=O) groups excluding carboxylic acids is 1. The SMILES string of the molecule is C[C@@H]1OC(=O)C2=C[C@@H](O)[C@@H](/C=C\CO)O[C@@H]21. The summed E-state index contributed by atoms with van der Waals surface area (Å²) in [6.07, 6.45) is 2.35. The number of aliphatic hydroxyl groups excluding tert-OH is 2. The average molecular weight is 226 g/mol. The Morgan fingerprint density at radius 3 is 3.00 bits per heavy atom. The molecule has 0 aromatic carbocycles. The standard InChI is InChI=1S/C11H14O5/c1-6-10-7(11(14)15-6)5-8(13)9(16-10)3-2-4-12/h2-3,5-6,8-10,12-13H,4H2,1H3/b3-2-/t6-,8+,9+,10+/m0/s1. The first-order valence-electron chi connectivity index (χ1n) is 5.17. The second kappa shape index (κ2) is 4.37. The van der Waals surface area contributed by atoms with Crippen molar-refractivity contribution in [2.24, 2.45) is 0 Å². The molecule has 0 aromatic rings. The molecule has 0 bridgehead atoms. The molecule has 1 fully saturated rings. The summed E-state index contributed by atoms with van der Waals surface area (Å²) in [6, 6.07) is 0. The number of ether oxygens (including phenoxy) is 2. The molecule has 2 N–H and O–H groups in total. The van der Waals surface area contributed by atoms with Gasteiger partial charge in [0.15, 0.2) is 0 Å². The Kier molecular flexibility index (Phi) is 3.09. The molecule has 1 saturated heterocycles. The molecule has 5 nitrogen and oxygen atoms in total. The highest BCUT2D eigenvalue weighted by atomic mass is 16.6. The molecule has 88 valence electrons. The van der Waals surface area contributed by atoms with Crippen molar-refractivity contribution in [2.45, 2.75) is 31.3 Å². The Morgan fingerprint density at radius 1 is 1.56 bits per heavy atom. The van der Waals surface area contributed by atoms with E-state index in [1.54, 1.807) is 13.0 Å². The molecule has 0 aliphatic carbocycles. The number of esters is 1. The Labute approximate surface area is 93.0 Å². The molecule has 0 spiro atoms. The van der Waals surface area contributed by atoms with Crippen LogP contribution in [0.3, 0.4) is 0 Å². The van der Waals surface area contributed by atoms with E-state index < -0.39 is 24.3 Å². The molecule has 0 radical (unpaired) electrons. The Hall–Kier alpha value is -1.17. The summed E-state index contributed by atoms with van der Waals surface area (Å²) in [4.78, 5) is 11.3. The number of rotatable bonds is 2. The van der Waals surface area contributed by atoms with Crippen LogP contribution in [0.1, 0.15) is 6.92 Å². The van der Waals surface area contributed by atoms with Gasteiger partial charge in [-0.2, -0.15) is 0 Å². The highest BCUT2D eigenvalue weighted by Gasteiger charge is 2.43. The van der Waals surface area contributed by atoms with E-state index in [9.17, 15) is 9.90 Å². The predicted molar refractivity (Wildman–Crippen MR) is 54.5 cm³/mol. The van der Waals surface area contributed by atoms with Gasteiger partial charge < -0.3 is 19.7 Å². The number of fused-ring (bicyclic) bond motifs is 1. The highest BCUT2D eigenvalue weighted by molar-refractivity contribution is 5.92. The first kappa shape index (κ1) is 11.3. The van der Waals surface area contributed by atoms with Gasteiger partial charge in [-0.05, 0) is 13.0 Å². The van der Waals surface area contributed by atoms with Crippen molar-refractivity contribution >= 4 is 5.97 Å². The van der Waals surface area contributed by atoms with Gasteiger partial charge in [0.25, 0.3) is 0 Å². The van der Waals surface area contributed by atoms with E-state index in [-0.39, 0.29) is 12.7 Å². The third kappa shape index (κ3) is 1.89. The molecule has 2 rings (SSSR count). The van der Waals surface area contributed by atoms with Gasteiger partial charge in [-0.3, -0.25) is 0 Å². The third-order valence-electron chi connectivity index (χ3n) is 2.68. The molecule has 0 aromatic heterocycles. The topological polar surface area (TPSA) is 76.0 Å². The molecular formula is C11H14O5. The second-order valence-corrected chi connectivity index (χ2v) is 3.86. The van der Waals surface area contributed by atoms with Gasteiger partial charge in [0.2, 0.25) is 0 Å². The highest BCUT2D eigenvalue weighted by Crippen LogP contribution is 2.30. The predicted octanol–water partition coefficient (Wildman–Crippen LogP) is -0.465. The fourth-order valence-corrected chi connectivity index (χ4v) is 1.90. The first-order chi connectivity index (χ1) is 7.63. The minimum Gasteiger partial charge on any atom is -0.456 e. The van der Waals surface area contributed by atoms with Crippen molar-refractivity contribution < 1.29 is 24.5 Å². The maximum atomic E-state index is 11.3. The summed E-state index contributed by atoms with van der Waals surface area (Å²) in [5, 5.41) is 18.4. The van der Waals surface area contributed by atoms with Crippen LogP contribution in [0.2, 0.25) is 0 Å². The third-order valence-corrected chi connectivity index (χ3v) is 2.68. The van der Waals surface area contributed by atoms with Gasteiger partial charge in [0.1, 0.15) is 24.4 Å². The Bertz CT molecular complexity index is 346. The van der Waals surface area contributed by atoms with Crippen LogP contribution >= 0.6 is 0 Å². The largest absolute Gasteiger partial charge is 0.456 e. The lowest BCUT2D eigenvalue weighted by atomic mass is 9.99. The van der Waals surface area contributed by atoms with Gasteiger partial charge in [0.05, 0.1) is 12.2 Å². The summed E-state index contributed by atoms with van der Waals surface area (Å²) >= 11 is 0. The van der Waals surface area contributed by atoms with Crippen LogP contribution in [0.5, 0.6) is 0 Å². The van der Waals surface area contributed by atoms with Crippen molar-refractivity contribution in [3.05, 3.63) is 23.8 Å². The quantitative estimate of drug-likeness (QED) is 0.492. The van der Waals surface area contributed by atoms with E-state index in [1.807, 2.05) is 0 Å². The molecule has 4 atom stereocenters. The van der Waals surface area contributed by atoms with E-state index >= 15 is 0 Å². The Balaban J connectivity index is 2.19. The summed E-state index contributed by atoms with van der Waals surface area (Å²) in [5.41, 5.74) is 0.383. The summed E-state index contributed by atoms with van der Waals surface area (Å²) in [6.45, 7) is 1.63. The molecule has 0 amide bonds. The number of cyclic esters (lactones) is 1. The molecule has 16 heavy (non-hydrogen) atoms. The van der Waals surface area contributed by atoms with Crippen molar-refractivity contribution in [3.63, 3.8) is 0 Å². The fourth-order valence-electron chi connectivity index (χ4n) is 1.90. The lowest BCUT2D eigenvalue weighted by Gasteiger charge is -2.28. The van der Waals surface area contributed by atoms with Crippen LogP contribution in [-0.4, -0.2) is 47.2 Å². The summed E-state index contributed by atoms with van der Waals surface area (Å²) in [5.74, 6) is -0.430. The number of hydrogen-bond acceptors (Lipinski definition) is 5. The number of carbonyl (C=O) groups is 1. The van der Waals surface area contributed by atoms with Crippen LogP contribution in [-0.2, 0) is 14.3 Å². The molecule has 0 unspecified atom stereocenters. The average Bonchev–Trinajstić information content (AvgIpc) is 2.51. The minimum absolute atomic E-state index is 0.112. The van der Waals surface area contributed by atoms with Crippen LogP contribution in [0, 0.1) is 0 Å². The number of aliphatic hydroxyl groups is 2. The fraction of sp³-hybridized carbons (Fsp3) is 0.545. The van der Waals surface area contributed by atoms with E-state index in [1.165, 1.54) is 12.2 Å². The van der Waals surface area contributed by atoms with Gasteiger partial charge in [0, 0.05) is 0 Å². The van der Waals surface area contributed by atoms with Crippen molar-refractivity contribution in [1.82, 2.24) is 0 Å². The first-order valence-corrected chi connectivity index (χ1v) is 5.17. The maximum absolute atomic E-state index is 11.3. The van der Waals surface area contributed by atoms with Crippen molar-refractivity contribution in [3.8, 4) is 0 Å². The van der Waals surface area contributed by atoms with Crippen LogP contribution in [0.4, 0.5) is 0 Å². The Morgan fingerprint density at radius 2 is 2.31 bits per heavy atom. The van der Waals surface area contributed by atoms with Gasteiger partial charge in [-0.25, -0.2) is 4.79 Å². The summed E-state index contributed by atoms with van der Waals surface area (Å²) in [7, 11) is 0. The van der Waals surface area contributed by atoms with E-state index in [0.717, 1.165) is 0 Å². The van der Waals surface area contributed by atoms with Gasteiger partial charge in [-0.1, -0.05) is 12.2 Å². The lowest BCUT2D eigenvalue weighted by molar-refractivity contribution is -0.139. The zero-order valence-electron chi connectivity index (χ0n) is 8.87. The lowest BCUT2D eigenvalue weighted by Crippen LogP contribution is -2.38. The maximum Gasteiger partial charge on any atom is 0.336 e. The normalized spacial score (nSPS) is 38.4. The molecule has 0 saturated carbocycles. The van der Waals surface area contributed by atoms with E-state index in [2.05, 4.69) is 0 Å². The second-order valence-electron chi connectivity index (χ2n) is 3.86. The van der Waals surface area contributed by atoms with Crippen molar-refractivity contribution in [1.29, 1.82) is 0 Å². The molecule has 2 aliphatic rings.